The van der Waals surface area contributed by atoms with Gasteiger partial charge in [0.2, 0.25) is 0 Å². The maximum Gasteiger partial charge on any atom is 0.352 e. The summed E-state index contributed by atoms with van der Waals surface area (Å²) in [5.41, 5.74) is 8.70. The number of hydrogen-bond donors (Lipinski definition) is 8. The lowest BCUT2D eigenvalue weighted by molar-refractivity contribution is -0.184. The van der Waals surface area contributed by atoms with Crippen molar-refractivity contribution in [3.63, 3.8) is 0 Å². The number of aliphatic carboxylic acids is 1. The van der Waals surface area contributed by atoms with Crippen LogP contribution in [0.3, 0.4) is 0 Å². The largest absolute Gasteiger partial charge is 0.508 e. The van der Waals surface area contributed by atoms with Crippen LogP contribution in [0.2, 0.25) is 0 Å². The number of rotatable bonds is 25. The van der Waals surface area contributed by atoms with Crippen molar-refractivity contribution in [3.8, 4) is 11.5 Å². The normalized spacial score (nSPS) is 14.6. The number of anilines is 2. The third-order valence-corrected chi connectivity index (χ3v) is 14.2. The number of aromatic nitrogens is 2. The Kier molecular flexibility index (Phi) is 27.2. The molecular weight excluding hydrogens is 1170 g/mol. The average Bonchev–Trinajstić information content (AvgIpc) is 2.20. The summed E-state index contributed by atoms with van der Waals surface area (Å²) in [6, 6.07) is 9.52. The monoisotopic (exact) mass is 1250 g/mol. The first kappa shape index (κ1) is 72.8. The molecule has 0 spiro atoms. The van der Waals surface area contributed by atoms with Crippen LogP contribution in [0.1, 0.15) is 142 Å². The number of carbonyl (C=O) groups is 11. The zero-order chi connectivity index (χ0) is 67.4. The van der Waals surface area contributed by atoms with Crippen LogP contribution in [0.25, 0.3) is 23.3 Å². The summed E-state index contributed by atoms with van der Waals surface area (Å²) in [4.78, 5) is 141. The average molecular weight is 1260 g/mol. The van der Waals surface area contributed by atoms with E-state index in [4.69, 9.17) is 24.1 Å². The van der Waals surface area contributed by atoms with Gasteiger partial charge in [0.05, 0.1) is 22.3 Å². The second-order valence-electron chi connectivity index (χ2n) is 20.9. The van der Waals surface area contributed by atoms with Crippen molar-refractivity contribution in [2.24, 2.45) is 0 Å². The molecule has 27 heteroatoms. The molecule has 0 unspecified atom stereocenters. The van der Waals surface area contributed by atoms with E-state index in [1.165, 1.54) is 40.7 Å². The molecule has 0 saturated carbocycles. The smallest absolute Gasteiger partial charge is 0.352 e. The van der Waals surface area contributed by atoms with Gasteiger partial charge in [-0.3, -0.25) is 28.8 Å². The number of carboxylic acids is 1. The van der Waals surface area contributed by atoms with E-state index in [9.17, 15) is 57.8 Å². The van der Waals surface area contributed by atoms with Gasteiger partial charge in [-0.1, -0.05) is 27.7 Å². The highest BCUT2D eigenvalue weighted by molar-refractivity contribution is 6.35. The standard InChI is InChI=1S/C27H34N4O6.C22H28N4O3.C14H20O10/c1-7-31(8-2)12-11-28-26(34)24-15(3)23(29-16(24)4)14-21-20-13-19(9-10-22(20)30-25(21)33)37-27(35)17(5)36-18(6)32;1-5-26(6-2)10-9-23-22(29)20-13(3)19(24-14(20)4)12-17-16-11-15(27)7-8-18(16)25-21(17)28;1-6(11(16)17)22-13(19)8(3)24-14(20)9(4)23-12(18)7(2)21-10(5)15/h9-10,13-14,17,29H,7-8,11-12H2,1-6H3,(H,28,34)(H,30,33);7-8,11-12,24,27H,5-6,9-10H2,1-4H3,(H,23,29)(H,25,28);6-9H,1-5H3,(H,16,17)/b21-14-;17-12-;/t17-;;6-,7+,8-,9-/m0.1/s1. The molecule has 2 aliphatic heterocycles. The summed E-state index contributed by atoms with van der Waals surface area (Å²) >= 11 is 0. The van der Waals surface area contributed by atoms with Gasteiger partial charge in [-0.2, -0.15) is 0 Å². The molecule has 4 amide bonds. The number of aromatic hydroxyl groups is 1. The molecule has 90 heavy (non-hydrogen) atoms. The summed E-state index contributed by atoms with van der Waals surface area (Å²) in [6.07, 6.45) is -3.04. The Morgan fingerprint density at radius 1 is 0.533 bits per heavy atom. The number of likely N-dealkylation sites (N-methyl/N-ethyl adjacent to an activating group) is 2. The molecular formula is C63H82N8O19. The topological polar surface area (TPSA) is 370 Å². The molecule has 4 aromatic rings. The van der Waals surface area contributed by atoms with Crippen molar-refractivity contribution in [2.75, 3.05) is 63.0 Å². The van der Waals surface area contributed by atoms with Gasteiger partial charge in [0, 0.05) is 85.3 Å². The van der Waals surface area contributed by atoms with Gasteiger partial charge < -0.3 is 79.7 Å². The molecule has 0 fully saturated rings. The van der Waals surface area contributed by atoms with Gasteiger partial charge in [-0.05, 0) is 148 Å². The summed E-state index contributed by atoms with van der Waals surface area (Å²) in [5.74, 6) is -7.00. The number of phenols is 1. The van der Waals surface area contributed by atoms with Crippen molar-refractivity contribution < 1.29 is 91.4 Å². The van der Waals surface area contributed by atoms with Gasteiger partial charge >= 0.3 is 41.8 Å². The number of benzene rings is 2. The summed E-state index contributed by atoms with van der Waals surface area (Å²) in [6.45, 7) is 30.6. The number of carbonyl (C=O) groups excluding carboxylic acids is 10. The van der Waals surface area contributed by atoms with Crippen LogP contribution < -0.4 is 26.0 Å². The minimum Gasteiger partial charge on any atom is -0.508 e. The Labute approximate surface area is 521 Å². The highest BCUT2D eigenvalue weighted by atomic mass is 16.6. The Bertz CT molecular complexity index is 3410. The molecule has 0 saturated heterocycles. The molecule has 8 N–H and O–H groups in total. The van der Waals surface area contributed by atoms with E-state index in [0.717, 1.165) is 69.9 Å². The Morgan fingerprint density at radius 2 is 0.900 bits per heavy atom. The molecule has 4 heterocycles. The number of esters is 6. The second-order valence-corrected chi connectivity index (χ2v) is 20.9. The van der Waals surface area contributed by atoms with Crippen molar-refractivity contribution in [1.29, 1.82) is 0 Å². The third kappa shape index (κ3) is 20.2. The molecule has 6 rings (SSSR count). The number of carboxylic acid groups (broad SMARTS) is 1. The number of H-pyrrole nitrogens is 2. The number of hydrogen-bond acceptors (Lipinski definition) is 20. The first-order valence-corrected chi connectivity index (χ1v) is 29.2. The molecule has 2 aliphatic rings. The van der Waals surface area contributed by atoms with Crippen LogP contribution in [0, 0.1) is 27.7 Å². The highest BCUT2D eigenvalue weighted by Gasteiger charge is 2.32. The van der Waals surface area contributed by atoms with Crippen LogP contribution in [0.5, 0.6) is 11.5 Å². The number of nitrogens with one attached hydrogen (secondary N) is 6. The second kappa shape index (κ2) is 33.6. The van der Waals surface area contributed by atoms with E-state index in [2.05, 4.69) is 78.2 Å². The van der Waals surface area contributed by atoms with E-state index < -0.39 is 72.3 Å². The lowest BCUT2D eigenvalue weighted by Crippen LogP contribution is -2.37. The maximum atomic E-state index is 12.9. The van der Waals surface area contributed by atoms with Crippen molar-refractivity contribution in [1.82, 2.24) is 30.4 Å². The lowest BCUT2D eigenvalue weighted by Gasteiger charge is -2.18. The zero-order valence-corrected chi connectivity index (χ0v) is 53.4. The minimum atomic E-state index is -1.40. The Morgan fingerprint density at radius 3 is 1.29 bits per heavy atom. The van der Waals surface area contributed by atoms with E-state index in [1.54, 1.807) is 42.5 Å². The number of nitrogens with zero attached hydrogens (tertiary/aromatic N) is 2. The molecule has 488 valence electrons. The lowest BCUT2D eigenvalue weighted by atomic mass is 10.0. The number of amides is 4. The molecule has 2 aromatic heterocycles. The van der Waals surface area contributed by atoms with Crippen molar-refractivity contribution in [3.05, 3.63) is 92.6 Å². The van der Waals surface area contributed by atoms with Crippen LogP contribution in [-0.4, -0.2) is 178 Å². The quantitative estimate of drug-likeness (QED) is 0.0128. The summed E-state index contributed by atoms with van der Waals surface area (Å²) in [5, 5.41) is 29.9. The van der Waals surface area contributed by atoms with E-state index in [1.807, 2.05) is 27.7 Å². The summed E-state index contributed by atoms with van der Waals surface area (Å²) in [7, 11) is 0. The molecule has 27 nitrogen and oxygen atoms in total. The highest BCUT2D eigenvalue weighted by Crippen LogP contribution is 2.38. The zero-order valence-electron chi connectivity index (χ0n) is 53.4. The number of aryl methyl sites for hydroxylation is 2. The number of aromatic amines is 2. The first-order chi connectivity index (χ1) is 42.3. The van der Waals surface area contributed by atoms with Crippen LogP contribution in [-0.2, 0) is 66.8 Å². The molecule has 0 aliphatic carbocycles. The van der Waals surface area contributed by atoms with Crippen LogP contribution in [0.4, 0.5) is 11.4 Å². The van der Waals surface area contributed by atoms with Crippen molar-refractivity contribution >= 4 is 100 Å². The fourth-order valence-electron chi connectivity index (χ4n) is 9.16. The van der Waals surface area contributed by atoms with E-state index in [0.29, 0.717) is 74.9 Å². The number of ether oxygens (including phenoxy) is 6. The predicted octanol–water partition coefficient (Wildman–Crippen LogP) is 5.77. The van der Waals surface area contributed by atoms with Gasteiger partial charge in [0.15, 0.2) is 30.5 Å². The SMILES string of the molecule is CC(=O)O[C@@H](C)C(=O)O[C@H](C)C(=O)O[C@H](C)C(=O)O[C@H](C)C(=O)O.CCN(CC)CCNC(=O)c1c(C)[nH]c(/C=C2\C(=O)Nc3ccc(O)cc32)c1C.CCN(CC)CCNC(=O)c1c(C)[nH]c(/C=C2\C(=O)Nc3ccc(OC(=O)[C@H](C)OC(C)=O)cc32)c1C. The van der Waals surface area contributed by atoms with Gasteiger partial charge in [0.1, 0.15) is 11.5 Å². The predicted molar refractivity (Wildman–Crippen MR) is 331 cm³/mol. The van der Waals surface area contributed by atoms with E-state index in [-0.39, 0.29) is 35.1 Å². The van der Waals surface area contributed by atoms with Gasteiger partial charge in [0.25, 0.3) is 23.6 Å². The minimum absolute atomic E-state index is 0.0961. The van der Waals surface area contributed by atoms with Gasteiger partial charge in [-0.15, -0.1) is 0 Å². The number of fused-ring (bicyclic) bond motifs is 2. The Hall–Kier alpha value is -9.63. The first-order valence-electron chi connectivity index (χ1n) is 29.2. The third-order valence-electron chi connectivity index (χ3n) is 14.2. The molecule has 0 bridgehead atoms. The summed E-state index contributed by atoms with van der Waals surface area (Å²) < 4.78 is 28.8. The van der Waals surface area contributed by atoms with Crippen LogP contribution >= 0.6 is 0 Å². The van der Waals surface area contributed by atoms with E-state index >= 15 is 0 Å². The fraction of sp³-hybridized carbons (Fsp3) is 0.444. The fourth-order valence-corrected chi connectivity index (χ4v) is 9.16. The van der Waals surface area contributed by atoms with Gasteiger partial charge in [-0.25, -0.2) is 24.0 Å². The van der Waals surface area contributed by atoms with Crippen molar-refractivity contribution in [2.45, 2.75) is 134 Å². The molecule has 5 atom stereocenters. The maximum absolute atomic E-state index is 12.9. The number of phenolic OH excluding ortho intramolecular Hbond substituents is 1. The molecule has 2 aromatic carbocycles. The molecule has 0 radical (unpaired) electrons. The van der Waals surface area contributed by atoms with Crippen LogP contribution in [0.15, 0.2) is 36.4 Å². The Balaban J connectivity index is 0.000000296.